The average Bonchev–Trinajstić information content (AvgIpc) is 2.51. The lowest BCUT2D eigenvalue weighted by Gasteiger charge is -2.20. The van der Waals surface area contributed by atoms with Gasteiger partial charge in [-0.1, -0.05) is 6.07 Å². The number of aromatic nitrogens is 1. The zero-order valence-electron chi connectivity index (χ0n) is 14.7. The Morgan fingerprint density at radius 3 is 2.56 bits per heavy atom. The molecule has 2 amide bonds. The number of carbonyl (C=O) groups excluding carboxylic acids is 2. The van der Waals surface area contributed by atoms with Gasteiger partial charge in [0, 0.05) is 18.2 Å². The predicted molar refractivity (Wildman–Crippen MR) is 88.3 cm³/mol. The van der Waals surface area contributed by atoms with Gasteiger partial charge in [-0.25, -0.2) is 14.6 Å². The molecule has 25 heavy (non-hydrogen) atoms. The van der Waals surface area contributed by atoms with Crippen LogP contribution in [0.4, 0.5) is 4.79 Å². The first-order valence-corrected chi connectivity index (χ1v) is 7.59. The molecule has 0 unspecified atom stereocenters. The second-order valence-electron chi connectivity index (χ2n) is 6.19. The van der Waals surface area contributed by atoms with Crippen molar-refractivity contribution in [2.75, 3.05) is 13.7 Å². The summed E-state index contributed by atoms with van der Waals surface area (Å²) in [6.07, 6.45) is 0.745. The Morgan fingerprint density at radius 1 is 1.32 bits per heavy atom. The quantitative estimate of drug-likeness (QED) is 0.659. The molecule has 9 heteroatoms. The standard InChI is InChI=1S/C16H23N3O6/c1-16(2,3)25-15(23)18-9-12(20)19-11(14(21)22)8-10-6-5-7-17-13(10)24-4/h5-7,11H,8-9H2,1-4H3,(H,18,23)(H,19,20)(H,21,22)/t11-/m0/s1. The minimum atomic E-state index is -1.21. The number of rotatable bonds is 7. The van der Waals surface area contributed by atoms with Crippen LogP contribution in [0.2, 0.25) is 0 Å². The Bertz CT molecular complexity index is 627. The highest BCUT2D eigenvalue weighted by Crippen LogP contribution is 2.15. The minimum absolute atomic E-state index is 0.00940. The highest BCUT2D eigenvalue weighted by molar-refractivity contribution is 5.86. The van der Waals surface area contributed by atoms with E-state index in [0.717, 1.165) is 0 Å². The molecule has 1 aromatic rings. The largest absolute Gasteiger partial charge is 0.481 e. The van der Waals surface area contributed by atoms with Crippen molar-refractivity contribution >= 4 is 18.0 Å². The van der Waals surface area contributed by atoms with E-state index in [9.17, 15) is 19.5 Å². The van der Waals surface area contributed by atoms with Crippen molar-refractivity contribution in [3.05, 3.63) is 23.9 Å². The van der Waals surface area contributed by atoms with Gasteiger partial charge in [-0.15, -0.1) is 0 Å². The molecule has 0 bridgehead atoms. The van der Waals surface area contributed by atoms with E-state index in [4.69, 9.17) is 9.47 Å². The maximum absolute atomic E-state index is 11.9. The number of nitrogens with one attached hydrogen (secondary N) is 2. The SMILES string of the molecule is COc1ncccc1C[C@H](NC(=O)CNC(=O)OC(C)(C)C)C(=O)O. The van der Waals surface area contributed by atoms with Crippen LogP contribution in [0.3, 0.4) is 0 Å². The summed E-state index contributed by atoms with van der Waals surface area (Å²) in [5.41, 5.74) is -0.154. The number of ether oxygens (including phenoxy) is 2. The van der Waals surface area contributed by atoms with Crippen molar-refractivity contribution in [1.29, 1.82) is 0 Å². The van der Waals surface area contributed by atoms with Gasteiger partial charge in [0.1, 0.15) is 18.2 Å². The number of pyridine rings is 1. The lowest BCUT2D eigenvalue weighted by molar-refractivity contribution is -0.141. The van der Waals surface area contributed by atoms with Crippen LogP contribution in [0.25, 0.3) is 0 Å². The smallest absolute Gasteiger partial charge is 0.408 e. The molecule has 0 aliphatic rings. The van der Waals surface area contributed by atoms with Crippen LogP contribution >= 0.6 is 0 Å². The fourth-order valence-electron chi connectivity index (χ4n) is 1.90. The van der Waals surface area contributed by atoms with Crippen molar-refractivity contribution < 1.29 is 29.0 Å². The second kappa shape index (κ2) is 8.86. The zero-order chi connectivity index (χ0) is 19.0. The summed E-state index contributed by atoms with van der Waals surface area (Å²) in [7, 11) is 1.42. The average molecular weight is 353 g/mol. The van der Waals surface area contributed by atoms with Crippen LogP contribution in [0.1, 0.15) is 26.3 Å². The number of aliphatic carboxylic acids is 1. The molecule has 1 heterocycles. The van der Waals surface area contributed by atoms with Crippen LogP contribution in [0.15, 0.2) is 18.3 Å². The van der Waals surface area contributed by atoms with E-state index in [1.165, 1.54) is 13.3 Å². The van der Waals surface area contributed by atoms with Gasteiger partial charge in [0.25, 0.3) is 0 Å². The Hall–Kier alpha value is -2.84. The van der Waals surface area contributed by atoms with E-state index in [1.807, 2.05) is 0 Å². The van der Waals surface area contributed by atoms with Gasteiger partial charge >= 0.3 is 12.1 Å². The number of nitrogens with zero attached hydrogens (tertiary/aromatic N) is 1. The van der Waals surface area contributed by atoms with Crippen molar-refractivity contribution in [2.45, 2.75) is 38.8 Å². The Balaban J connectivity index is 2.61. The van der Waals surface area contributed by atoms with E-state index in [0.29, 0.717) is 5.56 Å². The number of methoxy groups -OCH3 is 1. The number of carbonyl (C=O) groups is 3. The van der Waals surface area contributed by atoms with Gasteiger partial charge in [-0.05, 0) is 26.8 Å². The van der Waals surface area contributed by atoms with Gasteiger partial charge in [0.05, 0.1) is 7.11 Å². The summed E-state index contributed by atoms with van der Waals surface area (Å²) in [4.78, 5) is 38.7. The molecule has 0 spiro atoms. The molecular weight excluding hydrogens is 330 g/mol. The van der Waals surface area contributed by atoms with Gasteiger partial charge in [-0.2, -0.15) is 0 Å². The molecular formula is C16H23N3O6. The first-order valence-electron chi connectivity index (χ1n) is 7.59. The molecule has 0 aliphatic heterocycles. The zero-order valence-corrected chi connectivity index (χ0v) is 14.7. The van der Waals surface area contributed by atoms with Crippen LogP contribution in [0.5, 0.6) is 5.88 Å². The highest BCUT2D eigenvalue weighted by Gasteiger charge is 2.23. The number of hydrogen-bond acceptors (Lipinski definition) is 6. The van der Waals surface area contributed by atoms with Gasteiger partial charge in [0.2, 0.25) is 11.8 Å². The summed E-state index contributed by atoms with van der Waals surface area (Å²) in [6.45, 7) is 4.67. The molecule has 0 aromatic carbocycles. The van der Waals surface area contributed by atoms with Gasteiger partial charge < -0.3 is 25.2 Å². The summed E-state index contributed by atoms with van der Waals surface area (Å²) in [6, 6.07) is 2.11. The fourth-order valence-corrected chi connectivity index (χ4v) is 1.90. The Kier molecular flexibility index (Phi) is 7.16. The first kappa shape index (κ1) is 20.2. The molecule has 1 rings (SSSR count). The third kappa shape index (κ3) is 7.51. The molecule has 1 atom stereocenters. The van der Waals surface area contributed by atoms with Gasteiger partial charge in [0.15, 0.2) is 0 Å². The van der Waals surface area contributed by atoms with E-state index in [2.05, 4.69) is 15.6 Å². The third-order valence-electron chi connectivity index (χ3n) is 2.89. The van der Waals surface area contributed by atoms with E-state index in [-0.39, 0.29) is 12.3 Å². The highest BCUT2D eigenvalue weighted by atomic mass is 16.6. The number of alkyl carbamates (subject to hydrolysis) is 1. The van der Waals surface area contributed by atoms with Gasteiger partial charge in [-0.3, -0.25) is 4.79 Å². The van der Waals surface area contributed by atoms with Crippen molar-refractivity contribution in [1.82, 2.24) is 15.6 Å². The Labute approximate surface area is 145 Å². The van der Waals surface area contributed by atoms with Crippen molar-refractivity contribution in [3.8, 4) is 5.88 Å². The molecule has 1 aromatic heterocycles. The normalized spacial score (nSPS) is 12.0. The van der Waals surface area contributed by atoms with E-state index < -0.39 is 36.2 Å². The van der Waals surface area contributed by atoms with Crippen molar-refractivity contribution in [3.63, 3.8) is 0 Å². The second-order valence-corrected chi connectivity index (χ2v) is 6.19. The maximum Gasteiger partial charge on any atom is 0.408 e. The van der Waals surface area contributed by atoms with Crippen LogP contribution in [-0.4, -0.2) is 53.4 Å². The molecule has 3 N–H and O–H groups in total. The Morgan fingerprint density at radius 2 is 2.00 bits per heavy atom. The molecule has 0 saturated carbocycles. The minimum Gasteiger partial charge on any atom is -0.481 e. The summed E-state index contributed by atoms with van der Waals surface area (Å²) in [5, 5.41) is 13.9. The number of hydrogen-bond donors (Lipinski definition) is 3. The van der Waals surface area contributed by atoms with Crippen molar-refractivity contribution in [2.24, 2.45) is 0 Å². The predicted octanol–water partition coefficient (Wildman–Crippen LogP) is 0.727. The molecule has 9 nitrogen and oxygen atoms in total. The first-order chi connectivity index (χ1) is 11.6. The lowest BCUT2D eigenvalue weighted by atomic mass is 10.1. The number of carboxylic acids is 1. The van der Waals surface area contributed by atoms with E-state index >= 15 is 0 Å². The lowest BCUT2D eigenvalue weighted by Crippen LogP contribution is -2.47. The summed E-state index contributed by atoms with van der Waals surface area (Å²) in [5.74, 6) is -1.58. The van der Waals surface area contributed by atoms with E-state index in [1.54, 1.807) is 32.9 Å². The third-order valence-corrected chi connectivity index (χ3v) is 2.89. The fraction of sp³-hybridized carbons (Fsp3) is 0.500. The molecule has 0 fully saturated rings. The molecule has 0 radical (unpaired) electrons. The molecule has 138 valence electrons. The van der Waals surface area contributed by atoms with Crippen LogP contribution < -0.4 is 15.4 Å². The molecule has 0 saturated heterocycles. The summed E-state index contributed by atoms with van der Waals surface area (Å²) >= 11 is 0. The topological polar surface area (TPSA) is 127 Å². The monoisotopic (exact) mass is 353 g/mol. The maximum atomic E-state index is 11.9. The molecule has 0 aliphatic carbocycles. The van der Waals surface area contributed by atoms with Crippen LogP contribution in [0, 0.1) is 0 Å². The number of carboxylic acid groups (broad SMARTS) is 1. The summed E-state index contributed by atoms with van der Waals surface area (Å²) < 4.78 is 10.1. The number of amides is 2. The van der Waals surface area contributed by atoms with Crippen LogP contribution in [-0.2, 0) is 20.7 Å².